The van der Waals surface area contributed by atoms with Gasteiger partial charge in [0, 0.05) is 5.56 Å². The van der Waals surface area contributed by atoms with Gasteiger partial charge in [0.05, 0.1) is 0 Å². The molecule has 4 nitrogen and oxygen atoms in total. The Labute approximate surface area is 185 Å². The number of phenolic OH excluding ortho intramolecular Hbond substituents is 4. The standard InChI is InChI=1S/C27H34O4/c1-17(2)7-6-8-19(5)10-11-20-13-26(30)27(31)16-23(20)21-14-24(28)22(25(29)15-21)12-9-18(3)4/h7,9-10,13-16,28-31H,6,8,11-12H2,1-5H3/b19-10+. The lowest BCUT2D eigenvalue weighted by atomic mass is 9.93. The molecule has 0 saturated carbocycles. The molecule has 0 spiro atoms. The van der Waals surface area contributed by atoms with Gasteiger partial charge in [0.1, 0.15) is 11.5 Å². The molecule has 0 aliphatic rings. The lowest BCUT2D eigenvalue weighted by Gasteiger charge is -2.14. The third kappa shape index (κ3) is 6.95. The van der Waals surface area contributed by atoms with E-state index in [4.69, 9.17) is 0 Å². The number of benzene rings is 2. The Balaban J connectivity index is 2.40. The highest BCUT2D eigenvalue weighted by Gasteiger charge is 2.15. The molecule has 0 aliphatic carbocycles. The van der Waals surface area contributed by atoms with Crippen molar-refractivity contribution in [2.24, 2.45) is 0 Å². The highest BCUT2D eigenvalue weighted by atomic mass is 16.3. The van der Waals surface area contributed by atoms with Crippen LogP contribution in [0.25, 0.3) is 11.1 Å². The molecular formula is C27H34O4. The fraction of sp³-hybridized carbons (Fsp3) is 0.333. The summed E-state index contributed by atoms with van der Waals surface area (Å²) in [7, 11) is 0. The Morgan fingerprint density at radius 2 is 1.26 bits per heavy atom. The number of aromatic hydroxyl groups is 4. The summed E-state index contributed by atoms with van der Waals surface area (Å²) < 4.78 is 0. The highest BCUT2D eigenvalue weighted by molar-refractivity contribution is 5.74. The van der Waals surface area contributed by atoms with Crippen LogP contribution in [-0.4, -0.2) is 20.4 Å². The Kier molecular flexibility index (Phi) is 8.38. The van der Waals surface area contributed by atoms with Crippen LogP contribution in [0.3, 0.4) is 0 Å². The van der Waals surface area contributed by atoms with Gasteiger partial charge in [-0.3, -0.25) is 0 Å². The molecule has 0 fully saturated rings. The molecule has 2 aromatic carbocycles. The summed E-state index contributed by atoms with van der Waals surface area (Å²) in [4.78, 5) is 0. The lowest BCUT2D eigenvalue weighted by Crippen LogP contribution is -1.92. The van der Waals surface area contributed by atoms with E-state index in [1.165, 1.54) is 23.3 Å². The molecule has 0 radical (unpaired) electrons. The average molecular weight is 423 g/mol. The average Bonchev–Trinajstić information content (AvgIpc) is 2.67. The fourth-order valence-electron chi connectivity index (χ4n) is 3.34. The van der Waals surface area contributed by atoms with Gasteiger partial charge >= 0.3 is 0 Å². The van der Waals surface area contributed by atoms with Crippen molar-refractivity contribution in [3.63, 3.8) is 0 Å². The molecule has 0 atom stereocenters. The van der Waals surface area contributed by atoms with E-state index in [2.05, 4.69) is 32.9 Å². The number of hydrogen-bond donors (Lipinski definition) is 4. The first-order valence-corrected chi connectivity index (χ1v) is 10.6. The lowest BCUT2D eigenvalue weighted by molar-refractivity contribution is 0.403. The SMILES string of the molecule is CC(C)=CCC/C(C)=C/Cc1cc(O)c(O)cc1-c1cc(O)c(CC=C(C)C)c(O)c1. The Morgan fingerprint density at radius 1 is 0.677 bits per heavy atom. The quantitative estimate of drug-likeness (QED) is 0.275. The predicted molar refractivity (Wildman–Crippen MR) is 128 cm³/mol. The zero-order valence-corrected chi connectivity index (χ0v) is 19.2. The molecule has 0 aromatic heterocycles. The van der Waals surface area contributed by atoms with E-state index in [0.717, 1.165) is 24.0 Å². The molecule has 166 valence electrons. The summed E-state index contributed by atoms with van der Waals surface area (Å²) in [6.07, 6.45) is 9.18. The van der Waals surface area contributed by atoms with Crippen molar-refractivity contribution < 1.29 is 20.4 Å². The molecule has 0 heterocycles. The number of rotatable bonds is 8. The van der Waals surface area contributed by atoms with Gasteiger partial charge in [0.25, 0.3) is 0 Å². The zero-order chi connectivity index (χ0) is 23.1. The zero-order valence-electron chi connectivity index (χ0n) is 19.2. The first-order chi connectivity index (χ1) is 14.6. The van der Waals surface area contributed by atoms with Gasteiger partial charge in [-0.2, -0.15) is 0 Å². The van der Waals surface area contributed by atoms with Crippen molar-refractivity contribution in [3.05, 3.63) is 70.3 Å². The van der Waals surface area contributed by atoms with Crippen LogP contribution in [0.15, 0.2) is 59.2 Å². The minimum Gasteiger partial charge on any atom is -0.507 e. The molecule has 2 rings (SSSR count). The van der Waals surface area contributed by atoms with Crippen molar-refractivity contribution in [3.8, 4) is 34.1 Å². The van der Waals surface area contributed by atoms with Gasteiger partial charge in [0.2, 0.25) is 0 Å². The minimum atomic E-state index is -0.240. The molecule has 31 heavy (non-hydrogen) atoms. The van der Waals surface area contributed by atoms with Crippen molar-refractivity contribution in [1.82, 2.24) is 0 Å². The topological polar surface area (TPSA) is 80.9 Å². The van der Waals surface area contributed by atoms with Gasteiger partial charge in [-0.1, -0.05) is 34.9 Å². The van der Waals surface area contributed by atoms with Crippen molar-refractivity contribution in [1.29, 1.82) is 0 Å². The normalized spacial score (nSPS) is 11.3. The minimum absolute atomic E-state index is 0.000500. The smallest absolute Gasteiger partial charge is 0.158 e. The molecule has 0 saturated heterocycles. The molecule has 0 unspecified atom stereocenters. The molecule has 0 bridgehead atoms. The summed E-state index contributed by atoms with van der Waals surface area (Å²) in [5.41, 5.74) is 6.13. The number of allylic oxidation sites excluding steroid dienone is 6. The molecule has 2 aromatic rings. The predicted octanol–water partition coefficient (Wildman–Crippen LogP) is 6.92. The summed E-state index contributed by atoms with van der Waals surface area (Å²) in [5, 5.41) is 41.1. The first kappa shape index (κ1) is 24.1. The molecule has 4 N–H and O–H groups in total. The Morgan fingerprint density at radius 3 is 1.84 bits per heavy atom. The first-order valence-electron chi connectivity index (χ1n) is 10.6. The molecule has 4 heteroatoms. The van der Waals surface area contributed by atoms with E-state index in [0.29, 0.717) is 29.5 Å². The van der Waals surface area contributed by atoms with E-state index < -0.39 is 0 Å². The van der Waals surface area contributed by atoms with E-state index in [-0.39, 0.29) is 23.0 Å². The fourth-order valence-corrected chi connectivity index (χ4v) is 3.34. The van der Waals surface area contributed by atoms with E-state index in [1.807, 2.05) is 19.9 Å². The van der Waals surface area contributed by atoms with Gasteiger partial charge in [0.15, 0.2) is 11.5 Å². The third-order valence-electron chi connectivity index (χ3n) is 5.19. The second kappa shape index (κ2) is 10.8. The van der Waals surface area contributed by atoms with Gasteiger partial charge in [-0.05, 0) is 101 Å². The third-order valence-corrected chi connectivity index (χ3v) is 5.19. The van der Waals surface area contributed by atoms with Gasteiger partial charge < -0.3 is 20.4 Å². The monoisotopic (exact) mass is 422 g/mol. The van der Waals surface area contributed by atoms with Crippen LogP contribution >= 0.6 is 0 Å². The highest BCUT2D eigenvalue weighted by Crippen LogP contribution is 2.39. The maximum Gasteiger partial charge on any atom is 0.158 e. The summed E-state index contributed by atoms with van der Waals surface area (Å²) in [5.74, 6) is -0.433. The van der Waals surface area contributed by atoms with E-state index >= 15 is 0 Å². The van der Waals surface area contributed by atoms with Crippen molar-refractivity contribution in [2.45, 2.75) is 60.3 Å². The molecular weight excluding hydrogens is 388 g/mol. The van der Waals surface area contributed by atoms with Crippen molar-refractivity contribution in [2.75, 3.05) is 0 Å². The van der Waals surface area contributed by atoms with Crippen LogP contribution in [0, 0.1) is 0 Å². The van der Waals surface area contributed by atoms with Crippen LogP contribution < -0.4 is 0 Å². The van der Waals surface area contributed by atoms with Crippen LogP contribution in [0.5, 0.6) is 23.0 Å². The van der Waals surface area contributed by atoms with Gasteiger partial charge in [-0.15, -0.1) is 0 Å². The maximum atomic E-state index is 10.5. The Hall–Kier alpha value is -3.14. The Bertz CT molecular complexity index is 995. The summed E-state index contributed by atoms with van der Waals surface area (Å²) >= 11 is 0. The van der Waals surface area contributed by atoms with E-state index in [9.17, 15) is 20.4 Å². The molecule has 0 aliphatic heterocycles. The number of hydrogen-bond acceptors (Lipinski definition) is 4. The van der Waals surface area contributed by atoms with E-state index in [1.54, 1.807) is 12.1 Å². The van der Waals surface area contributed by atoms with Crippen molar-refractivity contribution >= 4 is 0 Å². The largest absolute Gasteiger partial charge is 0.507 e. The van der Waals surface area contributed by atoms with Crippen LogP contribution in [0.4, 0.5) is 0 Å². The maximum absolute atomic E-state index is 10.5. The van der Waals surface area contributed by atoms with Crippen LogP contribution in [0.1, 0.15) is 58.6 Å². The van der Waals surface area contributed by atoms with Crippen LogP contribution in [0.2, 0.25) is 0 Å². The second-order valence-electron chi connectivity index (χ2n) is 8.55. The van der Waals surface area contributed by atoms with Gasteiger partial charge in [-0.25, -0.2) is 0 Å². The van der Waals surface area contributed by atoms with Crippen LogP contribution in [-0.2, 0) is 12.8 Å². The molecule has 0 amide bonds. The second-order valence-corrected chi connectivity index (χ2v) is 8.55. The summed E-state index contributed by atoms with van der Waals surface area (Å²) in [6.45, 7) is 10.2. The number of phenols is 4. The summed E-state index contributed by atoms with van der Waals surface area (Å²) in [6, 6.07) is 6.19.